The van der Waals surface area contributed by atoms with Crippen molar-refractivity contribution >= 4 is 5.57 Å². The fourth-order valence-corrected chi connectivity index (χ4v) is 1.52. The van der Waals surface area contributed by atoms with Crippen LogP contribution in [0.1, 0.15) is 25.8 Å². The maximum atomic E-state index is 8.93. The van der Waals surface area contributed by atoms with Gasteiger partial charge < -0.3 is 5.11 Å². The lowest BCUT2D eigenvalue weighted by molar-refractivity contribution is 0.343. The van der Waals surface area contributed by atoms with Gasteiger partial charge in [-0.1, -0.05) is 50.3 Å². The van der Waals surface area contributed by atoms with Crippen molar-refractivity contribution in [2.45, 2.75) is 20.3 Å². The first-order chi connectivity index (χ1) is 6.74. The van der Waals surface area contributed by atoms with Gasteiger partial charge >= 0.3 is 0 Å². The van der Waals surface area contributed by atoms with Gasteiger partial charge in [0.1, 0.15) is 0 Å². The molecule has 1 nitrogen and oxygen atoms in total. The number of rotatable bonds is 4. The molecule has 0 radical (unpaired) electrons. The summed E-state index contributed by atoms with van der Waals surface area (Å²) < 4.78 is 0. The summed E-state index contributed by atoms with van der Waals surface area (Å²) in [4.78, 5) is 0. The van der Waals surface area contributed by atoms with E-state index < -0.39 is 0 Å². The third kappa shape index (κ3) is 3.35. The highest BCUT2D eigenvalue weighted by molar-refractivity contribution is 5.65. The quantitative estimate of drug-likeness (QED) is 0.773. The standard InChI is InChI=1S/C13H18O/c1-11(2)10-13(8-9-14)12-6-4-3-5-7-12/h3-8,11,14H,9-10H2,1-2H3/b13-8+. The van der Waals surface area contributed by atoms with E-state index in [2.05, 4.69) is 26.0 Å². The molecule has 14 heavy (non-hydrogen) atoms. The Kier molecular flexibility index (Phi) is 4.41. The van der Waals surface area contributed by atoms with Crippen LogP contribution in [0.3, 0.4) is 0 Å². The highest BCUT2D eigenvalue weighted by atomic mass is 16.2. The normalized spacial score (nSPS) is 12.1. The molecule has 0 aromatic heterocycles. The Morgan fingerprint density at radius 2 is 1.93 bits per heavy atom. The van der Waals surface area contributed by atoms with Crippen molar-refractivity contribution < 1.29 is 5.11 Å². The molecule has 0 heterocycles. The fourth-order valence-electron chi connectivity index (χ4n) is 1.52. The largest absolute Gasteiger partial charge is 0.392 e. The van der Waals surface area contributed by atoms with Crippen molar-refractivity contribution in [2.75, 3.05) is 6.61 Å². The van der Waals surface area contributed by atoms with Crippen molar-refractivity contribution in [1.29, 1.82) is 0 Å². The second kappa shape index (κ2) is 5.61. The molecular formula is C13H18O. The molecule has 0 aliphatic carbocycles. The maximum Gasteiger partial charge on any atom is 0.0618 e. The van der Waals surface area contributed by atoms with Gasteiger partial charge in [0, 0.05) is 0 Å². The van der Waals surface area contributed by atoms with E-state index in [0.29, 0.717) is 5.92 Å². The smallest absolute Gasteiger partial charge is 0.0618 e. The highest BCUT2D eigenvalue weighted by Crippen LogP contribution is 2.21. The van der Waals surface area contributed by atoms with Crippen LogP contribution in [0.15, 0.2) is 36.4 Å². The van der Waals surface area contributed by atoms with Gasteiger partial charge in [-0.05, 0) is 23.5 Å². The van der Waals surface area contributed by atoms with E-state index in [1.807, 2.05) is 24.3 Å². The minimum absolute atomic E-state index is 0.122. The third-order valence-electron chi connectivity index (χ3n) is 2.11. The van der Waals surface area contributed by atoms with Crippen molar-refractivity contribution in [3.05, 3.63) is 42.0 Å². The number of hydrogen-bond acceptors (Lipinski definition) is 1. The first kappa shape index (κ1) is 11.0. The molecule has 1 aromatic rings. The highest BCUT2D eigenvalue weighted by Gasteiger charge is 2.02. The topological polar surface area (TPSA) is 20.2 Å². The zero-order valence-corrected chi connectivity index (χ0v) is 8.90. The van der Waals surface area contributed by atoms with E-state index in [0.717, 1.165) is 6.42 Å². The number of allylic oxidation sites excluding steroid dienone is 1. The van der Waals surface area contributed by atoms with Gasteiger partial charge in [0.2, 0.25) is 0 Å². The molecule has 0 atom stereocenters. The summed E-state index contributed by atoms with van der Waals surface area (Å²) in [6, 6.07) is 10.2. The van der Waals surface area contributed by atoms with E-state index >= 15 is 0 Å². The average Bonchev–Trinajstić information content (AvgIpc) is 2.18. The Hall–Kier alpha value is -1.08. The van der Waals surface area contributed by atoms with Crippen LogP contribution in [0.25, 0.3) is 5.57 Å². The minimum atomic E-state index is 0.122. The van der Waals surface area contributed by atoms with Crippen molar-refractivity contribution in [3.8, 4) is 0 Å². The van der Waals surface area contributed by atoms with E-state index in [4.69, 9.17) is 5.11 Å². The molecule has 0 fully saturated rings. The molecular weight excluding hydrogens is 172 g/mol. The molecule has 1 rings (SSSR count). The van der Waals surface area contributed by atoms with Crippen LogP contribution in [0, 0.1) is 5.92 Å². The van der Waals surface area contributed by atoms with Crippen LogP contribution < -0.4 is 0 Å². The summed E-state index contributed by atoms with van der Waals surface area (Å²) in [6.07, 6.45) is 2.92. The molecule has 1 N–H and O–H groups in total. The predicted octanol–water partition coefficient (Wildman–Crippen LogP) is 3.11. The number of aliphatic hydroxyl groups is 1. The lowest BCUT2D eigenvalue weighted by Crippen LogP contribution is -1.93. The molecule has 76 valence electrons. The molecule has 0 aliphatic rings. The lowest BCUT2D eigenvalue weighted by atomic mass is 9.96. The summed E-state index contributed by atoms with van der Waals surface area (Å²) in [5.74, 6) is 0.619. The summed E-state index contributed by atoms with van der Waals surface area (Å²) >= 11 is 0. The van der Waals surface area contributed by atoms with Gasteiger partial charge in [-0.15, -0.1) is 0 Å². The first-order valence-corrected chi connectivity index (χ1v) is 5.09. The monoisotopic (exact) mass is 190 g/mol. The molecule has 0 saturated heterocycles. The van der Waals surface area contributed by atoms with Crippen molar-refractivity contribution in [2.24, 2.45) is 5.92 Å². The Balaban J connectivity index is 2.84. The Morgan fingerprint density at radius 3 is 2.43 bits per heavy atom. The number of hydrogen-bond donors (Lipinski definition) is 1. The summed E-state index contributed by atoms with van der Waals surface area (Å²) in [5, 5.41) is 8.93. The van der Waals surface area contributed by atoms with Gasteiger partial charge in [-0.3, -0.25) is 0 Å². The second-order valence-corrected chi connectivity index (χ2v) is 3.88. The summed E-state index contributed by atoms with van der Waals surface area (Å²) in [5.41, 5.74) is 2.46. The Morgan fingerprint density at radius 1 is 1.29 bits per heavy atom. The average molecular weight is 190 g/mol. The fraction of sp³-hybridized carbons (Fsp3) is 0.385. The SMILES string of the molecule is CC(C)C/C(=C\CO)c1ccccc1. The van der Waals surface area contributed by atoms with Crippen LogP contribution in [0.2, 0.25) is 0 Å². The van der Waals surface area contributed by atoms with E-state index in [1.54, 1.807) is 0 Å². The molecule has 0 bridgehead atoms. The zero-order valence-electron chi connectivity index (χ0n) is 8.90. The van der Waals surface area contributed by atoms with E-state index in [9.17, 15) is 0 Å². The molecule has 0 saturated carbocycles. The van der Waals surface area contributed by atoms with Crippen molar-refractivity contribution in [3.63, 3.8) is 0 Å². The van der Waals surface area contributed by atoms with Gasteiger partial charge in [0.15, 0.2) is 0 Å². The molecule has 1 aromatic carbocycles. The Bertz CT molecular complexity index is 285. The summed E-state index contributed by atoms with van der Waals surface area (Å²) in [7, 11) is 0. The number of benzene rings is 1. The van der Waals surface area contributed by atoms with Gasteiger partial charge in [-0.2, -0.15) is 0 Å². The predicted molar refractivity (Wildman–Crippen MR) is 61.0 cm³/mol. The minimum Gasteiger partial charge on any atom is -0.392 e. The maximum absolute atomic E-state index is 8.93. The Labute approximate surface area is 86.1 Å². The van der Waals surface area contributed by atoms with Crippen LogP contribution in [-0.4, -0.2) is 11.7 Å². The van der Waals surface area contributed by atoms with Gasteiger partial charge in [0.25, 0.3) is 0 Å². The lowest BCUT2D eigenvalue weighted by Gasteiger charge is -2.10. The molecule has 0 aliphatic heterocycles. The van der Waals surface area contributed by atoms with E-state index in [-0.39, 0.29) is 6.61 Å². The van der Waals surface area contributed by atoms with Crippen LogP contribution in [-0.2, 0) is 0 Å². The molecule has 0 amide bonds. The van der Waals surface area contributed by atoms with Gasteiger partial charge in [0.05, 0.1) is 6.61 Å². The molecule has 1 heteroatoms. The van der Waals surface area contributed by atoms with E-state index in [1.165, 1.54) is 11.1 Å². The van der Waals surface area contributed by atoms with Gasteiger partial charge in [-0.25, -0.2) is 0 Å². The molecule has 0 spiro atoms. The van der Waals surface area contributed by atoms with Crippen molar-refractivity contribution in [1.82, 2.24) is 0 Å². The second-order valence-electron chi connectivity index (χ2n) is 3.88. The van der Waals surface area contributed by atoms with Crippen LogP contribution in [0.5, 0.6) is 0 Å². The summed E-state index contributed by atoms with van der Waals surface area (Å²) in [6.45, 7) is 4.50. The molecule has 0 unspecified atom stereocenters. The number of aliphatic hydroxyl groups excluding tert-OH is 1. The van der Waals surface area contributed by atoms with Crippen LogP contribution >= 0.6 is 0 Å². The van der Waals surface area contributed by atoms with Crippen LogP contribution in [0.4, 0.5) is 0 Å². The third-order valence-corrected chi connectivity index (χ3v) is 2.11. The first-order valence-electron chi connectivity index (χ1n) is 5.09. The zero-order chi connectivity index (χ0) is 10.4.